The fraction of sp³-hybridized carbons (Fsp3) is 0.500. The van der Waals surface area contributed by atoms with Crippen molar-refractivity contribution in [2.24, 2.45) is 5.41 Å². The predicted octanol–water partition coefficient (Wildman–Crippen LogP) is 5.00. The van der Waals surface area contributed by atoms with E-state index < -0.39 is 0 Å². The Bertz CT molecular complexity index is 348. The van der Waals surface area contributed by atoms with Gasteiger partial charge in [0.15, 0.2) is 0 Å². The van der Waals surface area contributed by atoms with E-state index >= 15 is 0 Å². The van der Waals surface area contributed by atoms with Gasteiger partial charge < -0.3 is 0 Å². The lowest BCUT2D eigenvalue weighted by Crippen LogP contribution is -2.19. The maximum absolute atomic E-state index is 3.74. The lowest BCUT2D eigenvalue weighted by molar-refractivity contribution is 0.374. The van der Waals surface area contributed by atoms with Gasteiger partial charge in [-0.2, -0.15) is 0 Å². The van der Waals surface area contributed by atoms with Crippen molar-refractivity contribution in [3.63, 3.8) is 0 Å². The summed E-state index contributed by atoms with van der Waals surface area (Å²) in [4.78, 5) is 0. The van der Waals surface area contributed by atoms with Gasteiger partial charge in [-0.05, 0) is 50.2 Å². The van der Waals surface area contributed by atoms with Crippen LogP contribution in [0, 0.1) is 11.5 Å². The van der Waals surface area contributed by atoms with Crippen molar-refractivity contribution in [1.82, 2.24) is 0 Å². The molecule has 0 heteroatoms. The largest absolute Gasteiger partial charge is 0.0988 e. The molecule has 0 aromatic carbocycles. The van der Waals surface area contributed by atoms with Crippen molar-refractivity contribution in [2.75, 3.05) is 0 Å². The zero-order chi connectivity index (χ0) is 12.2. The smallest absolute Gasteiger partial charge is 0.00978 e. The summed E-state index contributed by atoms with van der Waals surface area (Å²) < 4.78 is 0. The molecule has 87 valence electrons. The molecule has 0 unspecified atom stereocenters. The van der Waals surface area contributed by atoms with Gasteiger partial charge in [-0.1, -0.05) is 49.8 Å². The SMILES string of the molecule is C=C/C(C)=C/C=[C]\C1=C(C)CCCC1(C)C. The summed E-state index contributed by atoms with van der Waals surface area (Å²) in [7, 11) is 0. The molecule has 0 amide bonds. The Morgan fingerprint density at radius 1 is 1.44 bits per heavy atom. The Labute approximate surface area is 100 Å². The summed E-state index contributed by atoms with van der Waals surface area (Å²) in [6.45, 7) is 12.7. The quantitative estimate of drug-likeness (QED) is 0.581. The summed E-state index contributed by atoms with van der Waals surface area (Å²) in [6.07, 6.45) is 13.2. The van der Waals surface area contributed by atoms with Crippen LogP contribution in [-0.2, 0) is 0 Å². The van der Waals surface area contributed by atoms with E-state index in [1.54, 1.807) is 0 Å². The highest BCUT2D eigenvalue weighted by Gasteiger charge is 2.26. The van der Waals surface area contributed by atoms with E-state index in [4.69, 9.17) is 0 Å². The maximum atomic E-state index is 3.74. The molecular weight excluding hydrogens is 192 g/mol. The molecule has 0 aromatic heterocycles. The molecule has 0 aromatic rings. The van der Waals surface area contributed by atoms with E-state index in [2.05, 4.69) is 46.4 Å². The van der Waals surface area contributed by atoms with Gasteiger partial charge in [-0.25, -0.2) is 0 Å². The molecule has 1 aliphatic carbocycles. The van der Waals surface area contributed by atoms with E-state index in [0.717, 1.165) is 0 Å². The van der Waals surface area contributed by atoms with Gasteiger partial charge in [0.25, 0.3) is 0 Å². The van der Waals surface area contributed by atoms with Crippen molar-refractivity contribution in [1.29, 1.82) is 0 Å². The molecule has 1 aliphatic rings. The minimum Gasteiger partial charge on any atom is -0.0988 e. The van der Waals surface area contributed by atoms with Crippen LogP contribution in [0.15, 0.2) is 41.5 Å². The zero-order valence-electron chi connectivity index (χ0n) is 11.1. The van der Waals surface area contributed by atoms with Crippen molar-refractivity contribution < 1.29 is 0 Å². The fourth-order valence-corrected chi connectivity index (χ4v) is 2.27. The number of hydrogen-bond acceptors (Lipinski definition) is 0. The zero-order valence-corrected chi connectivity index (χ0v) is 11.1. The van der Waals surface area contributed by atoms with Crippen LogP contribution < -0.4 is 0 Å². The monoisotopic (exact) mass is 215 g/mol. The van der Waals surface area contributed by atoms with E-state index in [1.165, 1.54) is 36.0 Å². The molecule has 0 bridgehead atoms. The Morgan fingerprint density at radius 3 is 2.69 bits per heavy atom. The number of rotatable bonds is 3. The van der Waals surface area contributed by atoms with Crippen LogP contribution >= 0.6 is 0 Å². The normalized spacial score (nSPS) is 21.6. The second-order valence-corrected chi connectivity index (χ2v) is 5.32. The second-order valence-electron chi connectivity index (χ2n) is 5.32. The first-order chi connectivity index (χ1) is 7.47. The highest BCUT2D eigenvalue weighted by atomic mass is 14.3. The molecule has 0 saturated carbocycles. The molecule has 0 heterocycles. The van der Waals surface area contributed by atoms with Crippen molar-refractivity contribution >= 4 is 0 Å². The number of hydrogen-bond donors (Lipinski definition) is 0. The van der Waals surface area contributed by atoms with Crippen LogP contribution in [-0.4, -0.2) is 0 Å². The van der Waals surface area contributed by atoms with E-state index in [-0.39, 0.29) is 5.41 Å². The minimum absolute atomic E-state index is 0.286. The molecule has 0 spiro atoms. The Balaban J connectivity index is 2.89. The topological polar surface area (TPSA) is 0 Å². The van der Waals surface area contributed by atoms with Crippen LogP contribution in [0.25, 0.3) is 0 Å². The van der Waals surface area contributed by atoms with Gasteiger partial charge in [-0.3, -0.25) is 0 Å². The third-order valence-electron chi connectivity index (χ3n) is 3.35. The third kappa shape index (κ3) is 3.23. The summed E-state index contributed by atoms with van der Waals surface area (Å²) >= 11 is 0. The first-order valence-electron chi connectivity index (χ1n) is 6.06. The molecule has 0 nitrogen and oxygen atoms in total. The first-order valence-corrected chi connectivity index (χ1v) is 6.06. The lowest BCUT2D eigenvalue weighted by Gasteiger charge is -2.32. The van der Waals surface area contributed by atoms with Crippen molar-refractivity contribution in [3.05, 3.63) is 47.6 Å². The summed E-state index contributed by atoms with van der Waals surface area (Å²) in [5.74, 6) is 0. The van der Waals surface area contributed by atoms with Crippen LogP contribution in [0.1, 0.15) is 47.0 Å². The van der Waals surface area contributed by atoms with Crippen LogP contribution in [0.4, 0.5) is 0 Å². The third-order valence-corrected chi connectivity index (χ3v) is 3.35. The molecule has 0 N–H and O–H groups in total. The van der Waals surface area contributed by atoms with Gasteiger partial charge in [0, 0.05) is 0 Å². The number of allylic oxidation sites excluding steroid dienone is 7. The van der Waals surface area contributed by atoms with Crippen LogP contribution in [0.3, 0.4) is 0 Å². The molecule has 0 fully saturated rings. The highest BCUT2D eigenvalue weighted by molar-refractivity contribution is 5.31. The molecule has 16 heavy (non-hydrogen) atoms. The van der Waals surface area contributed by atoms with Crippen LogP contribution in [0.5, 0.6) is 0 Å². The molecular formula is C16H23. The first kappa shape index (κ1) is 13.0. The Morgan fingerprint density at radius 2 is 2.12 bits per heavy atom. The fourth-order valence-electron chi connectivity index (χ4n) is 2.27. The van der Waals surface area contributed by atoms with Gasteiger partial charge in [0.2, 0.25) is 0 Å². The lowest BCUT2D eigenvalue weighted by atomic mass is 9.72. The Hall–Kier alpha value is -1.04. The molecule has 1 rings (SSSR count). The Kier molecular flexibility index (Phi) is 4.35. The molecule has 0 atom stereocenters. The van der Waals surface area contributed by atoms with Crippen LogP contribution in [0.2, 0.25) is 0 Å². The highest BCUT2D eigenvalue weighted by Crippen LogP contribution is 2.40. The van der Waals surface area contributed by atoms with E-state index in [9.17, 15) is 0 Å². The summed E-state index contributed by atoms with van der Waals surface area (Å²) in [5, 5.41) is 0. The average molecular weight is 215 g/mol. The standard InChI is InChI=1S/C16H23/c1-6-13(2)9-7-11-15-14(3)10-8-12-16(15,4)5/h6-7,9H,1,8,10,12H2,2-5H3/b11-7?,13-9+. The molecule has 0 saturated heterocycles. The van der Waals surface area contributed by atoms with Gasteiger partial charge >= 0.3 is 0 Å². The summed E-state index contributed by atoms with van der Waals surface area (Å²) in [5.41, 5.74) is 4.36. The van der Waals surface area contributed by atoms with Gasteiger partial charge in [0.1, 0.15) is 0 Å². The average Bonchev–Trinajstić information content (AvgIpc) is 2.21. The maximum Gasteiger partial charge on any atom is -0.00978 e. The van der Waals surface area contributed by atoms with Gasteiger partial charge in [0.05, 0.1) is 0 Å². The molecule has 0 aliphatic heterocycles. The van der Waals surface area contributed by atoms with E-state index in [0.29, 0.717) is 0 Å². The van der Waals surface area contributed by atoms with Gasteiger partial charge in [-0.15, -0.1) is 0 Å². The van der Waals surface area contributed by atoms with Crippen molar-refractivity contribution in [3.8, 4) is 0 Å². The predicted molar refractivity (Wildman–Crippen MR) is 72.1 cm³/mol. The minimum atomic E-state index is 0.286. The summed E-state index contributed by atoms with van der Waals surface area (Å²) in [6, 6.07) is 0. The van der Waals surface area contributed by atoms with Crippen molar-refractivity contribution in [2.45, 2.75) is 47.0 Å². The molecule has 1 radical (unpaired) electrons. The van der Waals surface area contributed by atoms with E-state index in [1.807, 2.05) is 12.2 Å². The second kappa shape index (κ2) is 5.34.